The molecule has 0 spiro atoms. The van der Waals surface area contributed by atoms with E-state index >= 15 is 0 Å². The topological polar surface area (TPSA) is 39.0 Å². The molecule has 0 amide bonds. The van der Waals surface area contributed by atoms with Gasteiger partial charge in [0.05, 0.1) is 6.26 Å². The summed E-state index contributed by atoms with van der Waals surface area (Å²) >= 11 is 12.1. The lowest BCUT2D eigenvalue weighted by atomic mass is 10.2. The van der Waals surface area contributed by atoms with E-state index < -0.39 is 0 Å². The monoisotopic (exact) mass is 362 g/mol. The Morgan fingerprint density at radius 3 is 2.67 bits per heavy atom. The van der Waals surface area contributed by atoms with Gasteiger partial charge in [-0.05, 0) is 36.4 Å². The van der Waals surface area contributed by atoms with Gasteiger partial charge in [0.25, 0.3) is 0 Å². The maximum Gasteiger partial charge on any atom is 0.157 e. The molecule has 0 saturated carbocycles. The number of quaternary nitrogens is 1. The van der Waals surface area contributed by atoms with Crippen molar-refractivity contribution >= 4 is 23.2 Å². The average molecular weight is 363 g/mol. The summed E-state index contributed by atoms with van der Waals surface area (Å²) in [4.78, 5) is 0. The number of nitrogens with two attached hydrogens (primary N) is 1. The van der Waals surface area contributed by atoms with Gasteiger partial charge in [0.2, 0.25) is 0 Å². The van der Waals surface area contributed by atoms with Crippen molar-refractivity contribution < 1.29 is 14.5 Å². The molecule has 0 radical (unpaired) electrons. The zero-order valence-corrected chi connectivity index (χ0v) is 14.6. The maximum atomic E-state index is 6.17. The van der Waals surface area contributed by atoms with Gasteiger partial charge in [0, 0.05) is 21.2 Å². The van der Waals surface area contributed by atoms with Crippen LogP contribution in [0.5, 0.6) is 5.75 Å². The molecular weight excluding hydrogens is 345 g/mol. The molecule has 0 saturated heterocycles. The van der Waals surface area contributed by atoms with Gasteiger partial charge < -0.3 is 14.5 Å². The van der Waals surface area contributed by atoms with Crippen LogP contribution in [0.2, 0.25) is 10.0 Å². The molecule has 3 nitrogen and oxygen atoms in total. The molecule has 1 aromatic heterocycles. The second-order valence-corrected chi connectivity index (χ2v) is 6.29. The summed E-state index contributed by atoms with van der Waals surface area (Å²) < 4.78 is 11.2. The summed E-state index contributed by atoms with van der Waals surface area (Å²) in [6, 6.07) is 17.4. The first-order valence-electron chi connectivity index (χ1n) is 7.70. The molecule has 3 rings (SSSR count). The number of furan rings is 1. The number of hydrogen-bond acceptors (Lipinski definition) is 2. The maximum absolute atomic E-state index is 6.17. The van der Waals surface area contributed by atoms with Gasteiger partial charge >= 0.3 is 0 Å². The molecule has 0 aliphatic carbocycles. The predicted molar refractivity (Wildman–Crippen MR) is 95.3 cm³/mol. The third-order valence-corrected chi connectivity index (χ3v) is 4.20. The summed E-state index contributed by atoms with van der Waals surface area (Å²) in [7, 11) is 0. The molecule has 0 unspecified atom stereocenters. The van der Waals surface area contributed by atoms with Crippen molar-refractivity contribution in [2.45, 2.75) is 19.7 Å². The fourth-order valence-corrected chi connectivity index (χ4v) is 2.83. The van der Waals surface area contributed by atoms with Crippen LogP contribution in [0.1, 0.15) is 16.9 Å². The first-order valence-corrected chi connectivity index (χ1v) is 8.46. The van der Waals surface area contributed by atoms with E-state index in [9.17, 15) is 0 Å². The molecule has 0 aliphatic heterocycles. The van der Waals surface area contributed by atoms with Crippen molar-refractivity contribution in [2.75, 3.05) is 0 Å². The summed E-state index contributed by atoms with van der Waals surface area (Å²) in [6.45, 7) is 2.09. The van der Waals surface area contributed by atoms with E-state index in [4.69, 9.17) is 32.4 Å². The van der Waals surface area contributed by atoms with Crippen LogP contribution in [0, 0.1) is 0 Å². The molecule has 0 aliphatic rings. The van der Waals surface area contributed by atoms with Crippen molar-refractivity contribution in [2.24, 2.45) is 0 Å². The quantitative estimate of drug-likeness (QED) is 0.675. The molecule has 2 aromatic carbocycles. The number of rotatable bonds is 7. The fourth-order valence-electron chi connectivity index (χ4n) is 2.37. The number of benzene rings is 2. The summed E-state index contributed by atoms with van der Waals surface area (Å²) in [5.74, 6) is 1.80. The van der Waals surface area contributed by atoms with Crippen LogP contribution < -0.4 is 10.1 Å². The molecule has 0 fully saturated rings. The molecule has 1 heterocycles. The van der Waals surface area contributed by atoms with Gasteiger partial charge in [-0.1, -0.05) is 41.4 Å². The van der Waals surface area contributed by atoms with Crippen LogP contribution in [-0.2, 0) is 19.7 Å². The van der Waals surface area contributed by atoms with Crippen LogP contribution in [0.3, 0.4) is 0 Å². The highest BCUT2D eigenvalue weighted by molar-refractivity contribution is 6.35. The van der Waals surface area contributed by atoms with Crippen molar-refractivity contribution in [3.8, 4) is 5.75 Å². The van der Waals surface area contributed by atoms with Crippen LogP contribution >= 0.6 is 23.2 Å². The number of hydrogen-bond donors (Lipinski definition) is 1. The van der Waals surface area contributed by atoms with Gasteiger partial charge in [-0.25, -0.2) is 0 Å². The zero-order chi connectivity index (χ0) is 16.8. The Hall–Kier alpha value is -1.94. The Morgan fingerprint density at radius 2 is 1.88 bits per heavy atom. The lowest BCUT2D eigenvalue weighted by Crippen LogP contribution is -2.80. The summed E-state index contributed by atoms with van der Waals surface area (Å²) in [6.07, 6.45) is 1.69. The smallest absolute Gasteiger partial charge is 0.157 e. The fraction of sp³-hybridized carbons (Fsp3) is 0.158. The van der Waals surface area contributed by atoms with E-state index in [1.165, 1.54) is 5.56 Å². The predicted octanol–water partition coefficient (Wildman–Crippen LogP) is 4.43. The molecule has 0 bridgehead atoms. The Labute approximate surface area is 151 Å². The first kappa shape index (κ1) is 16.9. The molecule has 5 heteroatoms. The molecule has 3 aromatic rings. The summed E-state index contributed by atoms with van der Waals surface area (Å²) in [5, 5.41) is 3.43. The Balaban J connectivity index is 1.54. The number of ether oxygens (including phenoxy) is 1. The van der Waals surface area contributed by atoms with E-state index in [1.807, 2.05) is 42.5 Å². The van der Waals surface area contributed by atoms with Crippen LogP contribution in [0.15, 0.2) is 65.3 Å². The Morgan fingerprint density at radius 1 is 0.958 bits per heavy atom. The normalized spacial score (nSPS) is 10.8. The van der Waals surface area contributed by atoms with E-state index in [0.717, 1.165) is 30.2 Å². The Kier molecular flexibility index (Phi) is 5.81. The second-order valence-electron chi connectivity index (χ2n) is 5.45. The van der Waals surface area contributed by atoms with E-state index in [1.54, 1.807) is 12.3 Å². The van der Waals surface area contributed by atoms with Gasteiger partial charge in [-0.15, -0.1) is 0 Å². The molecule has 124 valence electrons. The minimum atomic E-state index is 0.412. The molecular formula is C19H18Cl2NO2+. The van der Waals surface area contributed by atoms with Crippen LogP contribution in [0.4, 0.5) is 0 Å². The van der Waals surface area contributed by atoms with Crippen LogP contribution in [0.25, 0.3) is 0 Å². The third-order valence-electron chi connectivity index (χ3n) is 3.61. The largest absolute Gasteiger partial charge is 0.489 e. The van der Waals surface area contributed by atoms with E-state index in [-0.39, 0.29) is 0 Å². The van der Waals surface area contributed by atoms with Crippen molar-refractivity contribution in [3.05, 3.63) is 87.8 Å². The van der Waals surface area contributed by atoms with Crippen molar-refractivity contribution in [3.63, 3.8) is 0 Å². The highest BCUT2D eigenvalue weighted by Crippen LogP contribution is 2.23. The average Bonchev–Trinajstić information content (AvgIpc) is 3.08. The SMILES string of the molecule is Clc1ccc(COc2cccc(C[NH2+]Cc3ccco3)c2)c(Cl)c1. The van der Waals surface area contributed by atoms with Crippen molar-refractivity contribution in [1.82, 2.24) is 0 Å². The van der Waals surface area contributed by atoms with Crippen molar-refractivity contribution in [1.29, 1.82) is 0 Å². The lowest BCUT2D eigenvalue weighted by molar-refractivity contribution is -0.688. The van der Waals surface area contributed by atoms with Gasteiger partial charge in [-0.2, -0.15) is 0 Å². The molecule has 24 heavy (non-hydrogen) atoms. The minimum absolute atomic E-state index is 0.412. The zero-order valence-electron chi connectivity index (χ0n) is 13.0. The van der Waals surface area contributed by atoms with Crippen LogP contribution in [-0.4, -0.2) is 0 Å². The highest BCUT2D eigenvalue weighted by Gasteiger charge is 2.04. The number of halogens is 2. The minimum Gasteiger partial charge on any atom is -0.489 e. The van der Waals surface area contributed by atoms with Gasteiger partial charge in [-0.3, -0.25) is 0 Å². The van der Waals surface area contributed by atoms with E-state index in [2.05, 4.69) is 11.4 Å². The first-order chi connectivity index (χ1) is 11.7. The molecule has 2 N–H and O–H groups in total. The summed E-state index contributed by atoms with van der Waals surface area (Å²) in [5.41, 5.74) is 2.11. The van der Waals surface area contributed by atoms with Gasteiger partial charge in [0.1, 0.15) is 25.4 Å². The lowest BCUT2D eigenvalue weighted by Gasteiger charge is -2.09. The second kappa shape index (κ2) is 8.25. The standard InChI is InChI=1S/C19H17Cl2NO2/c20-16-7-6-15(19(21)10-16)13-24-17-4-1-3-14(9-17)11-22-12-18-5-2-8-23-18/h1-10,22H,11-13H2/p+1. The van der Waals surface area contributed by atoms with Gasteiger partial charge in [0.15, 0.2) is 5.76 Å². The molecule has 0 atom stereocenters. The van der Waals surface area contributed by atoms with E-state index in [0.29, 0.717) is 16.7 Å². The Bertz CT molecular complexity index is 788. The highest BCUT2D eigenvalue weighted by atomic mass is 35.5. The third kappa shape index (κ3) is 4.78.